The predicted octanol–water partition coefficient (Wildman–Crippen LogP) is 5.11. The zero-order valence-corrected chi connectivity index (χ0v) is 18.8. The molecule has 0 saturated carbocycles. The Morgan fingerprint density at radius 2 is 1.77 bits per heavy atom. The third-order valence-electron chi connectivity index (χ3n) is 4.76. The van der Waals surface area contributed by atoms with Gasteiger partial charge in [-0.2, -0.15) is 9.61 Å². The monoisotopic (exact) mass is 493 g/mol. The number of amides is 1. The van der Waals surface area contributed by atoms with E-state index < -0.39 is 0 Å². The number of rotatable bonds is 5. The highest BCUT2D eigenvalue weighted by Gasteiger charge is 2.13. The van der Waals surface area contributed by atoms with Crippen molar-refractivity contribution in [3.63, 3.8) is 0 Å². The van der Waals surface area contributed by atoms with Crippen LogP contribution in [0.15, 0.2) is 69.6 Å². The zero-order chi connectivity index (χ0) is 21.4. The van der Waals surface area contributed by atoms with Crippen molar-refractivity contribution in [2.45, 2.75) is 13.5 Å². The van der Waals surface area contributed by atoms with E-state index in [1.54, 1.807) is 16.6 Å². The first-order valence-electron chi connectivity index (χ1n) is 9.49. The Morgan fingerprint density at radius 1 is 1.03 bits per heavy atom. The summed E-state index contributed by atoms with van der Waals surface area (Å²) in [6.07, 6.45) is 0. The van der Waals surface area contributed by atoms with Crippen molar-refractivity contribution < 1.29 is 9.21 Å². The second-order valence-electron chi connectivity index (χ2n) is 6.90. The van der Waals surface area contributed by atoms with Crippen LogP contribution in [0.4, 0.5) is 0 Å². The van der Waals surface area contributed by atoms with E-state index in [9.17, 15) is 4.79 Å². The second-order valence-corrected chi connectivity index (χ2v) is 8.77. The molecule has 9 heteroatoms. The molecule has 0 fully saturated rings. The summed E-state index contributed by atoms with van der Waals surface area (Å²) in [4.78, 5) is 13.2. The standard InChI is InChI=1S/C22H16BrN5O2S/c1-13-25-26-22-28(13)27-21(31-22)16-4-2-14(3-5-16)12-24-20(29)19-11-10-18(30-19)15-6-8-17(23)9-7-15/h2-11H,12H2,1H3,(H,24,29). The van der Waals surface area contributed by atoms with E-state index in [4.69, 9.17) is 4.42 Å². The molecule has 154 valence electrons. The molecule has 3 aromatic heterocycles. The van der Waals surface area contributed by atoms with Gasteiger partial charge < -0.3 is 9.73 Å². The van der Waals surface area contributed by atoms with Crippen LogP contribution in [0.1, 0.15) is 21.9 Å². The summed E-state index contributed by atoms with van der Waals surface area (Å²) in [7, 11) is 0. The molecule has 1 amide bonds. The van der Waals surface area contributed by atoms with Gasteiger partial charge in [0, 0.05) is 22.1 Å². The normalized spacial score (nSPS) is 11.2. The first kappa shape index (κ1) is 19.7. The number of carbonyl (C=O) groups is 1. The number of nitrogens with one attached hydrogen (secondary N) is 1. The number of nitrogens with zero attached hydrogens (tertiary/aromatic N) is 4. The molecule has 0 spiro atoms. The molecule has 0 unspecified atom stereocenters. The van der Waals surface area contributed by atoms with Gasteiger partial charge in [-0.3, -0.25) is 4.79 Å². The fraction of sp³-hybridized carbons (Fsp3) is 0.0909. The van der Waals surface area contributed by atoms with Crippen LogP contribution in [-0.4, -0.2) is 25.7 Å². The van der Waals surface area contributed by atoms with Gasteiger partial charge in [-0.1, -0.05) is 63.7 Å². The van der Waals surface area contributed by atoms with Crippen LogP contribution < -0.4 is 5.32 Å². The lowest BCUT2D eigenvalue weighted by atomic mass is 10.1. The second kappa shape index (κ2) is 8.09. The quantitative estimate of drug-likeness (QED) is 0.367. The Bertz CT molecular complexity index is 1370. The van der Waals surface area contributed by atoms with Gasteiger partial charge in [0.15, 0.2) is 11.6 Å². The van der Waals surface area contributed by atoms with Crippen LogP contribution in [0.3, 0.4) is 0 Å². The number of furan rings is 1. The molecule has 0 bridgehead atoms. The van der Waals surface area contributed by atoms with Gasteiger partial charge in [-0.05, 0) is 36.8 Å². The SMILES string of the molecule is Cc1nnc2sc(-c3ccc(CNC(=O)c4ccc(-c5ccc(Br)cc5)o4)cc3)nn12. The molecule has 31 heavy (non-hydrogen) atoms. The highest BCUT2D eigenvalue weighted by molar-refractivity contribution is 9.10. The maximum atomic E-state index is 12.5. The van der Waals surface area contributed by atoms with Crippen LogP contribution in [0, 0.1) is 6.92 Å². The molecular weight excluding hydrogens is 478 g/mol. The van der Waals surface area contributed by atoms with Crippen LogP contribution in [0.25, 0.3) is 26.9 Å². The highest BCUT2D eigenvalue weighted by Crippen LogP contribution is 2.26. The van der Waals surface area contributed by atoms with Gasteiger partial charge in [0.2, 0.25) is 4.96 Å². The summed E-state index contributed by atoms with van der Waals surface area (Å²) in [5.41, 5.74) is 2.89. The smallest absolute Gasteiger partial charge is 0.287 e. The molecule has 0 aliphatic rings. The number of hydrogen-bond acceptors (Lipinski definition) is 6. The Balaban J connectivity index is 1.23. The Morgan fingerprint density at radius 3 is 2.52 bits per heavy atom. The number of aryl methyl sites for hydroxylation is 1. The predicted molar refractivity (Wildman–Crippen MR) is 122 cm³/mol. The van der Waals surface area contributed by atoms with Crippen molar-refractivity contribution >= 4 is 38.1 Å². The number of hydrogen-bond donors (Lipinski definition) is 1. The van der Waals surface area contributed by atoms with E-state index in [2.05, 4.69) is 36.5 Å². The largest absolute Gasteiger partial charge is 0.451 e. The number of fused-ring (bicyclic) bond motifs is 1. The molecule has 0 aliphatic heterocycles. The van der Waals surface area contributed by atoms with Crippen LogP contribution in [0.5, 0.6) is 0 Å². The molecule has 2 aromatic carbocycles. The summed E-state index contributed by atoms with van der Waals surface area (Å²) in [5.74, 6) is 1.45. The summed E-state index contributed by atoms with van der Waals surface area (Å²) in [6, 6.07) is 19.1. The van der Waals surface area contributed by atoms with Gasteiger partial charge in [0.05, 0.1) is 0 Å². The molecule has 0 saturated heterocycles. The number of carbonyl (C=O) groups excluding carboxylic acids is 1. The van der Waals surface area contributed by atoms with Crippen LogP contribution in [-0.2, 0) is 6.54 Å². The third-order valence-corrected chi connectivity index (χ3v) is 6.24. The number of benzene rings is 2. The molecule has 0 aliphatic carbocycles. The zero-order valence-electron chi connectivity index (χ0n) is 16.4. The average molecular weight is 494 g/mol. The molecular formula is C22H16BrN5O2S. The fourth-order valence-electron chi connectivity index (χ4n) is 3.10. The summed E-state index contributed by atoms with van der Waals surface area (Å²) >= 11 is 4.90. The summed E-state index contributed by atoms with van der Waals surface area (Å²) < 4.78 is 8.45. The minimum Gasteiger partial charge on any atom is -0.451 e. The van der Waals surface area contributed by atoms with Crippen molar-refractivity contribution in [2.24, 2.45) is 0 Å². The van der Waals surface area contributed by atoms with Crippen LogP contribution in [0.2, 0.25) is 0 Å². The molecule has 7 nitrogen and oxygen atoms in total. The lowest BCUT2D eigenvalue weighted by Crippen LogP contribution is -2.22. The first-order valence-corrected chi connectivity index (χ1v) is 11.1. The molecule has 5 aromatic rings. The molecule has 0 atom stereocenters. The van der Waals surface area contributed by atoms with E-state index in [0.29, 0.717) is 12.3 Å². The van der Waals surface area contributed by atoms with Crippen molar-refractivity contribution in [2.75, 3.05) is 0 Å². The minimum atomic E-state index is -0.253. The van der Waals surface area contributed by atoms with E-state index >= 15 is 0 Å². The Kier molecular flexibility index (Phi) is 5.13. The van der Waals surface area contributed by atoms with Gasteiger partial charge >= 0.3 is 0 Å². The fourth-order valence-corrected chi connectivity index (χ4v) is 4.25. The van der Waals surface area contributed by atoms with Crippen molar-refractivity contribution in [3.05, 3.63) is 82.3 Å². The summed E-state index contributed by atoms with van der Waals surface area (Å²) in [6.45, 7) is 2.27. The van der Waals surface area contributed by atoms with Crippen molar-refractivity contribution in [1.82, 2.24) is 25.1 Å². The maximum Gasteiger partial charge on any atom is 0.287 e. The lowest BCUT2D eigenvalue weighted by Gasteiger charge is -2.04. The van der Waals surface area contributed by atoms with Crippen LogP contribution >= 0.6 is 27.3 Å². The van der Waals surface area contributed by atoms with Gasteiger partial charge in [0.1, 0.15) is 10.8 Å². The minimum absolute atomic E-state index is 0.253. The molecule has 3 heterocycles. The molecule has 5 rings (SSSR count). The highest BCUT2D eigenvalue weighted by atomic mass is 79.9. The lowest BCUT2D eigenvalue weighted by molar-refractivity contribution is 0.0924. The van der Waals surface area contributed by atoms with Gasteiger partial charge in [-0.25, -0.2) is 0 Å². The first-order chi connectivity index (χ1) is 15.1. The van der Waals surface area contributed by atoms with E-state index in [0.717, 1.165) is 37.0 Å². The topological polar surface area (TPSA) is 85.3 Å². The maximum absolute atomic E-state index is 12.5. The number of halogens is 1. The van der Waals surface area contributed by atoms with Gasteiger partial charge in [-0.15, -0.1) is 10.2 Å². The van der Waals surface area contributed by atoms with E-state index in [-0.39, 0.29) is 11.7 Å². The van der Waals surface area contributed by atoms with E-state index in [1.807, 2.05) is 55.5 Å². The average Bonchev–Trinajstić information content (AvgIpc) is 3.51. The van der Waals surface area contributed by atoms with Gasteiger partial charge in [0.25, 0.3) is 5.91 Å². The van der Waals surface area contributed by atoms with Crippen molar-refractivity contribution in [1.29, 1.82) is 0 Å². The van der Waals surface area contributed by atoms with Crippen molar-refractivity contribution in [3.8, 4) is 21.9 Å². The molecule has 1 N–H and O–H groups in total. The molecule has 0 radical (unpaired) electrons. The number of aromatic nitrogens is 4. The Labute approximate surface area is 189 Å². The Hall–Kier alpha value is -3.30. The third kappa shape index (κ3) is 4.01. The summed E-state index contributed by atoms with van der Waals surface area (Å²) in [5, 5.41) is 16.4. The van der Waals surface area contributed by atoms with E-state index in [1.165, 1.54) is 11.3 Å².